The maximum absolute atomic E-state index is 13.2. The molecule has 4 aromatic rings. The summed E-state index contributed by atoms with van der Waals surface area (Å²) in [6.45, 7) is 9.21. The van der Waals surface area contributed by atoms with Crippen molar-refractivity contribution in [3.63, 3.8) is 0 Å². The van der Waals surface area contributed by atoms with Gasteiger partial charge in [0.05, 0.1) is 18.2 Å². The van der Waals surface area contributed by atoms with Crippen molar-refractivity contribution < 1.29 is 9.53 Å². The van der Waals surface area contributed by atoms with Crippen molar-refractivity contribution in [3.05, 3.63) is 87.0 Å². The number of carbonyl (C=O) groups is 1. The zero-order valence-electron chi connectivity index (χ0n) is 21.9. The van der Waals surface area contributed by atoms with Gasteiger partial charge in [0.2, 0.25) is 0 Å². The van der Waals surface area contributed by atoms with E-state index in [1.807, 2.05) is 31.2 Å². The Hall–Kier alpha value is -3.85. The number of nitrogens with zero attached hydrogens (tertiary/aromatic N) is 5. The Labute approximate surface area is 216 Å². The first kappa shape index (κ1) is 26.2. The van der Waals surface area contributed by atoms with Gasteiger partial charge in [0.15, 0.2) is 5.82 Å². The molecule has 0 fully saturated rings. The molecule has 9 nitrogen and oxygen atoms in total. The molecule has 0 amide bonds. The van der Waals surface area contributed by atoms with Gasteiger partial charge in [-0.2, -0.15) is 0 Å². The number of tetrazole rings is 1. The van der Waals surface area contributed by atoms with Crippen molar-refractivity contribution in [2.75, 3.05) is 13.2 Å². The molecule has 0 saturated carbocycles. The van der Waals surface area contributed by atoms with Gasteiger partial charge in [-0.3, -0.25) is 14.5 Å². The number of hydrogen-bond acceptors (Lipinski definition) is 7. The van der Waals surface area contributed by atoms with Crippen LogP contribution in [0.1, 0.15) is 54.4 Å². The minimum absolute atomic E-state index is 0.0612. The summed E-state index contributed by atoms with van der Waals surface area (Å²) in [5, 5.41) is 13.2. The lowest BCUT2D eigenvalue weighted by molar-refractivity contribution is -0.144. The molecule has 1 unspecified atom stereocenters. The van der Waals surface area contributed by atoms with Crippen molar-refractivity contribution in [1.82, 2.24) is 30.1 Å². The first-order chi connectivity index (χ1) is 17.9. The monoisotopic (exact) mass is 502 g/mol. The Bertz CT molecular complexity index is 1410. The molecule has 9 heteroatoms. The summed E-state index contributed by atoms with van der Waals surface area (Å²) in [7, 11) is 0. The van der Waals surface area contributed by atoms with Gasteiger partial charge in [-0.25, -0.2) is 4.68 Å². The fraction of sp³-hybridized carbons (Fsp3) is 0.393. The standard InChI is InChI=1S/C28H34N6O3/c1-5-24(27-30-31-32-34(27)18-25(35)37-6-2)33(13-12-21-10-8-7-9-11-21)17-23-16-22-15-19(3)14-20(4)26(22)29-28(23)36/h7-11,14-16,24H,5-6,12-13,17-18H2,1-4H3,(H,29,36). The number of carbonyl (C=O) groups excluding carboxylic acids is 1. The zero-order valence-corrected chi connectivity index (χ0v) is 21.9. The molecule has 1 atom stereocenters. The summed E-state index contributed by atoms with van der Waals surface area (Å²) in [6.07, 6.45) is 1.49. The molecular formula is C28H34N6O3. The van der Waals surface area contributed by atoms with Crippen LogP contribution in [0, 0.1) is 13.8 Å². The Morgan fingerprint density at radius 1 is 1.14 bits per heavy atom. The van der Waals surface area contributed by atoms with Gasteiger partial charge in [-0.05, 0) is 72.7 Å². The van der Waals surface area contributed by atoms with E-state index in [1.165, 1.54) is 10.2 Å². The van der Waals surface area contributed by atoms with Crippen LogP contribution in [0.25, 0.3) is 10.9 Å². The van der Waals surface area contributed by atoms with Crippen LogP contribution >= 0.6 is 0 Å². The summed E-state index contributed by atoms with van der Waals surface area (Å²) < 4.78 is 6.61. The molecule has 37 heavy (non-hydrogen) atoms. The predicted octanol–water partition coefficient (Wildman–Crippen LogP) is 3.89. The van der Waals surface area contributed by atoms with Crippen LogP contribution in [0.4, 0.5) is 0 Å². The molecule has 1 N–H and O–H groups in total. The van der Waals surface area contributed by atoms with Crippen LogP contribution < -0.4 is 5.56 Å². The highest BCUT2D eigenvalue weighted by molar-refractivity contribution is 5.82. The topological polar surface area (TPSA) is 106 Å². The molecular weight excluding hydrogens is 468 g/mol. The van der Waals surface area contributed by atoms with Crippen molar-refractivity contribution in [2.24, 2.45) is 0 Å². The molecule has 0 aliphatic carbocycles. The lowest BCUT2D eigenvalue weighted by Gasteiger charge is -2.30. The van der Waals surface area contributed by atoms with Gasteiger partial charge in [0.25, 0.3) is 5.56 Å². The number of ether oxygens (including phenoxy) is 1. The van der Waals surface area contributed by atoms with E-state index in [0.717, 1.165) is 28.5 Å². The fourth-order valence-electron chi connectivity index (χ4n) is 4.83. The van der Waals surface area contributed by atoms with Gasteiger partial charge >= 0.3 is 5.97 Å². The van der Waals surface area contributed by atoms with Crippen molar-refractivity contribution in [3.8, 4) is 0 Å². The third kappa shape index (κ3) is 6.29. The number of esters is 1. The second-order valence-electron chi connectivity index (χ2n) is 9.30. The van der Waals surface area contributed by atoms with Crippen molar-refractivity contribution in [2.45, 2.75) is 59.7 Å². The molecule has 2 aromatic carbocycles. The van der Waals surface area contributed by atoms with Crippen LogP contribution in [0.2, 0.25) is 0 Å². The second kappa shape index (κ2) is 11.9. The minimum atomic E-state index is -0.390. The number of pyridine rings is 1. The van der Waals surface area contributed by atoms with Gasteiger partial charge in [0, 0.05) is 18.7 Å². The molecule has 0 aliphatic rings. The van der Waals surface area contributed by atoms with E-state index in [4.69, 9.17) is 4.74 Å². The quantitative estimate of drug-likeness (QED) is 0.310. The van der Waals surface area contributed by atoms with E-state index < -0.39 is 5.97 Å². The van der Waals surface area contributed by atoms with Gasteiger partial charge < -0.3 is 9.72 Å². The summed E-state index contributed by atoms with van der Waals surface area (Å²) >= 11 is 0. The Morgan fingerprint density at radius 2 is 1.92 bits per heavy atom. The molecule has 0 radical (unpaired) electrons. The number of hydrogen-bond donors (Lipinski definition) is 1. The SMILES string of the molecule is CCOC(=O)Cn1nnnc1C(CC)N(CCc1ccccc1)Cc1cc2cc(C)cc(C)c2[nH]c1=O. The first-order valence-corrected chi connectivity index (χ1v) is 12.7. The number of aryl methyl sites for hydroxylation is 2. The maximum atomic E-state index is 13.2. The molecule has 0 bridgehead atoms. The maximum Gasteiger partial charge on any atom is 0.327 e. The average molecular weight is 503 g/mol. The Morgan fingerprint density at radius 3 is 2.65 bits per heavy atom. The number of aromatic amines is 1. The fourth-order valence-corrected chi connectivity index (χ4v) is 4.83. The molecule has 194 valence electrons. The average Bonchev–Trinajstić information content (AvgIpc) is 3.32. The molecule has 0 aliphatic heterocycles. The van der Waals surface area contributed by atoms with Gasteiger partial charge in [-0.1, -0.05) is 48.9 Å². The highest BCUT2D eigenvalue weighted by atomic mass is 16.5. The highest BCUT2D eigenvalue weighted by Gasteiger charge is 2.26. The molecule has 0 saturated heterocycles. The molecule has 2 aromatic heterocycles. The Balaban J connectivity index is 1.69. The largest absolute Gasteiger partial charge is 0.465 e. The van der Waals surface area contributed by atoms with Gasteiger partial charge in [0.1, 0.15) is 6.54 Å². The number of benzene rings is 2. The summed E-state index contributed by atoms with van der Waals surface area (Å²) in [6, 6.07) is 16.2. The van der Waals surface area contributed by atoms with Crippen LogP contribution in [-0.4, -0.2) is 49.2 Å². The highest BCUT2D eigenvalue weighted by Crippen LogP contribution is 2.25. The van der Waals surface area contributed by atoms with Crippen molar-refractivity contribution >= 4 is 16.9 Å². The van der Waals surface area contributed by atoms with Crippen molar-refractivity contribution in [1.29, 1.82) is 0 Å². The lowest BCUT2D eigenvalue weighted by Crippen LogP contribution is -2.34. The third-order valence-electron chi connectivity index (χ3n) is 6.54. The smallest absolute Gasteiger partial charge is 0.327 e. The third-order valence-corrected chi connectivity index (χ3v) is 6.54. The number of H-pyrrole nitrogens is 1. The second-order valence-corrected chi connectivity index (χ2v) is 9.30. The van der Waals surface area contributed by atoms with Crippen LogP contribution in [0.15, 0.2) is 53.3 Å². The number of aromatic nitrogens is 5. The van der Waals surface area contributed by atoms with Crippen LogP contribution in [0.3, 0.4) is 0 Å². The predicted molar refractivity (Wildman–Crippen MR) is 142 cm³/mol. The van der Waals surface area contributed by atoms with Crippen LogP contribution in [0.5, 0.6) is 0 Å². The minimum Gasteiger partial charge on any atom is -0.465 e. The summed E-state index contributed by atoms with van der Waals surface area (Å²) in [5.41, 5.74) is 4.82. The summed E-state index contributed by atoms with van der Waals surface area (Å²) in [5.74, 6) is 0.186. The van der Waals surface area contributed by atoms with E-state index >= 15 is 0 Å². The molecule has 4 rings (SSSR count). The van der Waals surface area contributed by atoms with E-state index in [1.54, 1.807) is 6.92 Å². The van der Waals surface area contributed by atoms with E-state index in [9.17, 15) is 9.59 Å². The number of fused-ring (bicyclic) bond motifs is 1. The first-order valence-electron chi connectivity index (χ1n) is 12.7. The van der Waals surface area contributed by atoms with E-state index in [0.29, 0.717) is 37.5 Å². The molecule has 0 spiro atoms. The van der Waals surface area contributed by atoms with E-state index in [-0.39, 0.29) is 18.1 Å². The number of rotatable bonds is 11. The van der Waals surface area contributed by atoms with E-state index in [2.05, 4.69) is 63.5 Å². The normalized spacial score (nSPS) is 12.2. The van der Waals surface area contributed by atoms with Gasteiger partial charge in [-0.15, -0.1) is 5.10 Å². The lowest BCUT2D eigenvalue weighted by atomic mass is 10.0. The number of nitrogens with one attached hydrogen (secondary N) is 1. The molecule has 2 heterocycles. The zero-order chi connectivity index (χ0) is 26.4. The Kier molecular flexibility index (Phi) is 8.45. The summed E-state index contributed by atoms with van der Waals surface area (Å²) in [4.78, 5) is 30.7. The van der Waals surface area contributed by atoms with Crippen LogP contribution in [-0.2, 0) is 29.0 Å².